The number of hydrazone groups is 1. The van der Waals surface area contributed by atoms with Gasteiger partial charge in [-0.25, -0.2) is 0 Å². The number of hydrogen-bond acceptors (Lipinski definition) is 4. The maximum absolute atomic E-state index is 12.3. The summed E-state index contributed by atoms with van der Waals surface area (Å²) in [6.45, 7) is 1.72. The van der Waals surface area contributed by atoms with Crippen LogP contribution in [0, 0.1) is 5.92 Å². The summed E-state index contributed by atoms with van der Waals surface area (Å²) in [6.07, 6.45) is 5.34. The zero-order chi connectivity index (χ0) is 20.9. The van der Waals surface area contributed by atoms with Crippen molar-refractivity contribution in [1.82, 2.24) is 4.83 Å². The van der Waals surface area contributed by atoms with Gasteiger partial charge in [0.15, 0.2) is 0 Å². The fourth-order valence-corrected chi connectivity index (χ4v) is 4.38. The van der Waals surface area contributed by atoms with Gasteiger partial charge in [-0.05, 0) is 61.7 Å². The molecule has 2 aromatic carbocycles. The van der Waals surface area contributed by atoms with E-state index >= 15 is 0 Å². The van der Waals surface area contributed by atoms with Crippen LogP contribution in [0.1, 0.15) is 44.6 Å². The molecule has 1 aliphatic rings. The van der Waals surface area contributed by atoms with E-state index in [1.54, 1.807) is 31.2 Å². The second kappa shape index (κ2) is 9.54. The van der Waals surface area contributed by atoms with Crippen molar-refractivity contribution in [2.45, 2.75) is 43.9 Å². The molecule has 1 fully saturated rings. The lowest BCUT2D eigenvalue weighted by Crippen LogP contribution is -2.24. The van der Waals surface area contributed by atoms with Gasteiger partial charge in [0.05, 0.1) is 10.6 Å². The lowest BCUT2D eigenvalue weighted by Gasteiger charge is -2.20. The molecule has 1 saturated carbocycles. The molecular formula is C21H24BrN3O3S. The first kappa shape index (κ1) is 21.5. The van der Waals surface area contributed by atoms with Crippen LogP contribution < -0.4 is 10.1 Å². The van der Waals surface area contributed by atoms with Gasteiger partial charge >= 0.3 is 0 Å². The highest BCUT2D eigenvalue weighted by atomic mass is 79.9. The number of halogens is 1. The average molecular weight is 478 g/mol. The van der Waals surface area contributed by atoms with Gasteiger partial charge in [0.2, 0.25) is 5.91 Å². The van der Waals surface area contributed by atoms with E-state index in [4.69, 9.17) is 0 Å². The molecule has 1 amide bonds. The highest BCUT2D eigenvalue weighted by Crippen LogP contribution is 2.25. The Hall–Kier alpha value is -2.19. The van der Waals surface area contributed by atoms with Crippen molar-refractivity contribution in [2.24, 2.45) is 11.0 Å². The van der Waals surface area contributed by atoms with Crippen LogP contribution in [0.5, 0.6) is 0 Å². The quantitative estimate of drug-likeness (QED) is 0.467. The third kappa shape index (κ3) is 5.90. The van der Waals surface area contributed by atoms with Crippen molar-refractivity contribution < 1.29 is 13.2 Å². The highest BCUT2D eigenvalue weighted by Gasteiger charge is 2.21. The maximum atomic E-state index is 12.3. The largest absolute Gasteiger partial charge is 0.326 e. The third-order valence-corrected chi connectivity index (χ3v) is 6.76. The van der Waals surface area contributed by atoms with Gasteiger partial charge in [0.25, 0.3) is 10.0 Å². The normalized spacial score (nSPS) is 15.7. The van der Waals surface area contributed by atoms with Gasteiger partial charge in [-0.3, -0.25) is 4.79 Å². The first-order valence-corrected chi connectivity index (χ1v) is 11.9. The molecule has 29 heavy (non-hydrogen) atoms. The van der Waals surface area contributed by atoms with E-state index in [9.17, 15) is 13.2 Å². The molecule has 0 spiro atoms. The third-order valence-electron chi connectivity index (χ3n) is 5.00. The van der Waals surface area contributed by atoms with E-state index in [2.05, 4.69) is 31.2 Å². The molecule has 0 saturated heterocycles. The molecule has 0 heterocycles. The van der Waals surface area contributed by atoms with Crippen LogP contribution in [0.3, 0.4) is 0 Å². The number of rotatable bonds is 6. The van der Waals surface area contributed by atoms with Crippen LogP contribution in [0.25, 0.3) is 0 Å². The second-order valence-corrected chi connectivity index (χ2v) is 9.72. The molecule has 6 nitrogen and oxygen atoms in total. The predicted octanol–water partition coefficient (Wildman–Crippen LogP) is 4.67. The monoisotopic (exact) mass is 477 g/mol. The van der Waals surface area contributed by atoms with Crippen LogP contribution in [-0.2, 0) is 14.8 Å². The summed E-state index contributed by atoms with van der Waals surface area (Å²) < 4.78 is 25.4. The van der Waals surface area contributed by atoms with Crippen LogP contribution in [0.15, 0.2) is 63.0 Å². The Balaban J connectivity index is 1.62. The van der Waals surface area contributed by atoms with Crippen LogP contribution >= 0.6 is 15.9 Å². The van der Waals surface area contributed by atoms with Gasteiger partial charge in [0, 0.05) is 16.1 Å². The predicted molar refractivity (Wildman–Crippen MR) is 118 cm³/mol. The topological polar surface area (TPSA) is 87.6 Å². The summed E-state index contributed by atoms with van der Waals surface area (Å²) in [6, 6.07) is 13.5. The Morgan fingerprint density at radius 2 is 1.62 bits per heavy atom. The van der Waals surface area contributed by atoms with Crippen LogP contribution in [-0.4, -0.2) is 20.0 Å². The van der Waals surface area contributed by atoms with E-state index in [0.29, 0.717) is 5.71 Å². The molecule has 2 N–H and O–H groups in total. The number of nitrogens with one attached hydrogen (secondary N) is 2. The van der Waals surface area contributed by atoms with E-state index in [1.807, 2.05) is 12.1 Å². The molecule has 0 radical (unpaired) electrons. The zero-order valence-corrected chi connectivity index (χ0v) is 18.6. The van der Waals surface area contributed by atoms with Crippen molar-refractivity contribution in [3.05, 3.63) is 58.6 Å². The molecule has 1 aliphatic carbocycles. The van der Waals surface area contributed by atoms with Crippen molar-refractivity contribution in [3.8, 4) is 0 Å². The number of hydrogen-bond donors (Lipinski definition) is 2. The summed E-state index contributed by atoms with van der Waals surface area (Å²) in [4.78, 5) is 14.7. The Bertz CT molecular complexity index is 981. The molecule has 8 heteroatoms. The summed E-state index contributed by atoms with van der Waals surface area (Å²) in [5, 5.41) is 6.97. The van der Waals surface area contributed by atoms with E-state index in [0.717, 1.165) is 41.4 Å². The lowest BCUT2D eigenvalue weighted by molar-refractivity contribution is -0.120. The molecule has 0 unspecified atom stereocenters. The number of benzene rings is 2. The van der Waals surface area contributed by atoms with Gasteiger partial charge in [-0.15, -0.1) is 0 Å². The van der Waals surface area contributed by atoms with Gasteiger partial charge in [-0.1, -0.05) is 47.3 Å². The van der Waals surface area contributed by atoms with Gasteiger partial charge in [0.1, 0.15) is 0 Å². The van der Waals surface area contributed by atoms with Crippen molar-refractivity contribution in [2.75, 3.05) is 5.32 Å². The van der Waals surface area contributed by atoms with Crippen molar-refractivity contribution in [3.63, 3.8) is 0 Å². The van der Waals surface area contributed by atoms with Gasteiger partial charge in [-0.2, -0.15) is 18.4 Å². The first-order chi connectivity index (χ1) is 13.8. The van der Waals surface area contributed by atoms with Crippen molar-refractivity contribution in [1.29, 1.82) is 0 Å². The minimum Gasteiger partial charge on any atom is -0.326 e. The first-order valence-electron chi connectivity index (χ1n) is 9.58. The second-order valence-electron chi connectivity index (χ2n) is 7.15. The Morgan fingerprint density at radius 1 is 1.00 bits per heavy atom. The SMILES string of the molecule is CC(=NNS(=O)(=O)c1ccc(Br)cc1)c1ccc(NC(=O)C2CCCCC2)cc1. The molecule has 154 valence electrons. The smallest absolute Gasteiger partial charge is 0.276 e. The van der Waals surface area contributed by atoms with E-state index in [1.165, 1.54) is 18.6 Å². The minimum absolute atomic E-state index is 0.0742. The Labute approximate surface area is 180 Å². The lowest BCUT2D eigenvalue weighted by atomic mass is 9.88. The Kier molecular flexibility index (Phi) is 7.08. The van der Waals surface area contributed by atoms with E-state index in [-0.39, 0.29) is 16.7 Å². The van der Waals surface area contributed by atoms with Crippen LogP contribution in [0.4, 0.5) is 5.69 Å². The number of anilines is 1. The number of nitrogens with zero attached hydrogens (tertiary/aromatic N) is 1. The van der Waals surface area contributed by atoms with Gasteiger partial charge < -0.3 is 5.32 Å². The molecule has 0 atom stereocenters. The van der Waals surface area contributed by atoms with Crippen LogP contribution in [0.2, 0.25) is 0 Å². The number of carbonyl (C=O) groups is 1. The Morgan fingerprint density at radius 3 is 2.24 bits per heavy atom. The molecule has 0 bridgehead atoms. The zero-order valence-electron chi connectivity index (χ0n) is 16.2. The summed E-state index contributed by atoms with van der Waals surface area (Å²) >= 11 is 3.28. The summed E-state index contributed by atoms with van der Waals surface area (Å²) in [7, 11) is -3.73. The number of carbonyl (C=O) groups excluding carboxylic acids is 1. The average Bonchev–Trinajstić information content (AvgIpc) is 2.73. The fraction of sp³-hybridized carbons (Fsp3) is 0.333. The molecule has 0 aliphatic heterocycles. The number of amides is 1. The standard InChI is InChI=1S/C21H24BrN3O3S/c1-15(24-25-29(27,28)20-13-9-18(22)10-14-20)16-7-11-19(12-8-16)23-21(26)17-5-3-2-4-6-17/h7-14,17,25H,2-6H2,1H3,(H,23,26). The van der Waals surface area contributed by atoms with Crippen molar-refractivity contribution >= 4 is 43.3 Å². The maximum Gasteiger partial charge on any atom is 0.276 e. The number of sulfonamides is 1. The molecule has 0 aromatic heterocycles. The highest BCUT2D eigenvalue weighted by molar-refractivity contribution is 9.10. The molecular weight excluding hydrogens is 454 g/mol. The van der Waals surface area contributed by atoms with E-state index < -0.39 is 10.0 Å². The minimum atomic E-state index is -3.73. The summed E-state index contributed by atoms with van der Waals surface area (Å²) in [5.74, 6) is 0.171. The fourth-order valence-electron chi connectivity index (χ4n) is 3.26. The molecule has 2 aromatic rings. The summed E-state index contributed by atoms with van der Waals surface area (Å²) in [5.41, 5.74) is 2.02. The molecule has 3 rings (SSSR count).